The lowest BCUT2D eigenvalue weighted by molar-refractivity contribution is 0.324. The molecule has 8 heteroatoms. The van der Waals surface area contributed by atoms with E-state index in [1.165, 1.54) is 11.3 Å². The van der Waals surface area contributed by atoms with Crippen molar-refractivity contribution < 1.29 is 18.6 Å². The fraction of sp³-hybridized carbons (Fsp3) is 0.217. The van der Waals surface area contributed by atoms with Crippen LogP contribution in [0, 0.1) is 0 Å². The largest absolute Gasteiger partial charge is 0.493 e. The third-order valence-electron chi connectivity index (χ3n) is 4.67. The molecule has 0 saturated heterocycles. The molecule has 0 bridgehead atoms. The standard InChI is InChI=1S/C23H23N3O4S/c1-5-24-23-26(17(14-31-23)19-12-16-8-6-7-9-18(16)30-19)25-13-15-10-20(27-2)22(29-4)21(11-15)28-3/h6-14H,5H2,1-4H3. The van der Waals surface area contributed by atoms with Crippen molar-refractivity contribution in [1.29, 1.82) is 0 Å². The molecule has 2 heterocycles. The van der Waals surface area contributed by atoms with Crippen molar-refractivity contribution in [2.75, 3.05) is 27.9 Å². The number of furan rings is 1. The fourth-order valence-electron chi connectivity index (χ4n) is 3.23. The van der Waals surface area contributed by atoms with Crippen molar-refractivity contribution in [3.8, 4) is 28.7 Å². The van der Waals surface area contributed by atoms with Gasteiger partial charge in [-0.05, 0) is 31.2 Å². The average Bonchev–Trinajstić information content (AvgIpc) is 3.40. The first kappa shape index (κ1) is 20.7. The summed E-state index contributed by atoms with van der Waals surface area (Å²) in [7, 11) is 4.75. The molecule has 0 aliphatic rings. The molecule has 0 aliphatic carbocycles. The molecule has 0 atom stereocenters. The second-order valence-electron chi connectivity index (χ2n) is 6.54. The number of para-hydroxylation sites is 1. The van der Waals surface area contributed by atoms with E-state index < -0.39 is 0 Å². The van der Waals surface area contributed by atoms with Crippen LogP contribution in [0.5, 0.6) is 17.2 Å². The summed E-state index contributed by atoms with van der Waals surface area (Å²) < 4.78 is 24.1. The van der Waals surface area contributed by atoms with Gasteiger partial charge in [0.15, 0.2) is 17.3 Å². The molecule has 0 saturated carbocycles. The molecule has 31 heavy (non-hydrogen) atoms. The highest BCUT2D eigenvalue weighted by Gasteiger charge is 2.14. The molecule has 0 radical (unpaired) electrons. The molecule has 0 aliphatic heterocycles. The third kappa shape index (κ3) is 4.06. The topological polar surface area (TPSA) is 70.5 Å². The molecule has 0 fully saturated rings. The first-order valence-electron chi connectivity index (χ1n) is 9.72. The summed E-state index contributed by atoms with van der Waals surface area (Å²) in [5, 5.41) is 7.74. The Kier molecular flexibility index (Phi) is 6.08. The van der Waals surface area contributed by atoms with E-state index in [0.29, 0.717) is 23.8 Å². The van der Waals surface area contributed by atoms with Crippen LogP contribution in [0.1, 0.15) is 12.5 Å². The molecule has 0 amide bonds. The van der Waals surface area contributed by atoms with E-state index in [1.807, 2.05) is 54.8 Å². The number of hydrogen-bond acceptors (Lipinski definition) is 7. The van der Waals surface area contributed by atoms with Crippen molar-refractivity contribution in [3.63, 3.8) is 0 Å². The number of ether oxygens (including phenoxy) is 3. The first-order chi connectivity index (χ1) is 15.2. The lowest BCUT2D eigenvalue weighted by Gasteiger charge is -2.12. The monoisotopic (exact) mass is 437 g/mol. The summed E-state index contributed by atoms with van der Waals surface area (Å²) in [6.07, 6.45) is 1.73. The summed E-state index contributed by atoms with van der Waals surface area (Å²) in [4.78, 5) is 5.35. The van der Waals surface area contributed by atoms with Gasteiger partial charge in [-0.25, -0.2) is 4.68 Å². The van der Waals surface area contributed by atoms with Crippen molar-refractivity contribution in [2.24, 2.45) is 10.1 Å². The van der Waals surface area contributed by atoms with E-state index >= 15 is 0 Å². The van der Waals surface area contributed by atoms with Gasteiger partial charge in [-0.1, -0.05) is 18.2 Å². The van der Waals surface area contributed by atoms with Crippen LogP contribution in [0.15, 0.2) is 62.4 Å². The maximum atomic E-state index is 6.06. The van der Waals surface area contributed by atoms with Gasteiger partial charge in [-0.3, -0.25) is 4.99 Å². The van der Waals surface area contributed by atoms with E-state index in [9.17, 15) is 0 Å². The molecule has 2 aromatic heterocycles. The van der Waals surface area contributed by atoms with Crippen LogP contribution in [-0.4, -0.2) is 38.8 Å². The molecule has 4 rings (SSSR count). The molecular weight excluding hydrogens is 414 g/mol. The van der Waals surface area contributed by atoms with Crippen LogP contribution < -0.4 is 19.0 Å². The highest BCUT2D eigenvalue weighted by atomic mass is 32.1. The number of benzene rings is 2. The normalized spacial score (nSPS) is 12.1. The SMILES string of the molecule is CCN=c1scc(-c2cc3ccccc3o2)n1N=Cc1cc(OC)c(OC)c(OC)c1. The number of methoxy groups -OCH3 is 3. The zero-order valence-electron chi connectivity index (χ0n) is 17.8. The van der Waals surface area contributed by atoms with Crippen LogP contribution in [0.3, 0.4) is 0 Å². The van der Waals surface area contributed by atoms with E-state index in [2.05, 4.69) is 4.99 Å². The minimum Gasteiger partial charge on any atom is -0.493 e. The Morgan fingerprint density at radius 3 is 2.42 bits per heavy atom. The Hall–Kier alpha value is -3.52. The van der Waals surface area contributed by atoms with E-state index in [1.54, 1.807) is 32.2 Å². The molecule has 4 aromatic rings. The smallest absolute Gasteiger partial charge is 0.206 e. The van der Waals surface area contributed by atoms with E-state index in [-0.39, 0.29) is 0 Å². The van der Waals surface area contributed by atoms with Crippen LogP contribution >= 0.6 is 11.3 Å². The van der Waals surface area contributed by atoms with Crippen molar-refractivity contribution in [1.82, 2.24) is 4.68 Å². The minimum absolute atomic E-state index is 0.537. The Bertz CT molecular complexity index is 1240. The fourth-order valence-corrected chi connectivity index (χ4v) is 4.12. The summed E-state index contributed by atoms with van der Waals surface area (Å²) >= 11 is 1.52. The van der Waals surface area contributed by atoms with Crippen LogP contribution in [0.4, 0.5) is 0 Å². The summed E-state index contributed by atoms with van der Waals surface area (Å²) in [5.41, 5.74) is 2.46. The van der Waals surface area contributed by atoms with E-state index in [0.717, 1.165) is 32.8 Å². The highest BCUT2D eigenvalue weighted by Crippen LogP contribution is 2.37. The van der Waals surface area contributed by atoms with Crippen LogP contribution in [0.25, 0.3) is 22.4 Å². The van der Waals surface area contributed by atoms with Gasteiger partial charge in [-0.15, -0.1) is 11.3 Å². The highest BCUT2D eigenvalue weighted by molar-refractivity contribution is 7.07. The Morgan fingerprint density at radius 2 is 1.77 bits per heavy atom. The quantitative estimate of drug-likeness (QED) is 0.390. The molecule has 0 spiro atoms. The average molecular weight is 438 g/mol. The lowest BCUT2D eigenvalue weighted by atomic mass is 10.2. The number of nitrogens with zero attached hydrogens (tertiary/aromatic N) is 3. The summed E-state index contributed by atoms with van der Waals surface area (Å²) in [5.74, 6) is 2.40. The number of aromatic nitrogens is 1. The predicted molar refractivity (Wildman–Crippen MR) is 123 cm³/mol. The lowest BCUT2D eigenvalue weighted by Crippen LogP contribution is -2.12. The molecule has 2 aromatic carbocycles. The Balaban J connectivity index is 1.80. The zero-order valence-corrected chi connectivity index (χ0v) is 18.6. The number of fused-ring (bicyclic) bond motifs is 1. The number of thiazole rings is 1. The van der Waals surface area contributed by atoms with Gasteiger partial charge in [-0.2, -0.15) is 5.10 Å². The van der Waals surface area contributed by atoms with Crippen molar-refractivity contribution in [3.05, 3.63) is 58.2 Å². The molecule has 0 unspecified atom stereocenters. The van der Waals surface area contributed by atoms with Crippen molar-refractivity contribution in [2.45, 2.75) is 6.92 Å². The summed E-state index contributed by atoms with van der Waals surface area (Å²) in [6.45, 7) is 2.65. The van der Waals surface area contributed by atoms with Gasteiger partial charge < -0.3 is 18.6 Å². The van der Waals surface area contributed by atoms with Gasteiger partial charge in [0.25, 0.3) is 0 Å². The van der Waals surface area contributed by atoms with Crippen LogP contribution in [0.2, 0.25) is 0 Å². The maximum absolute atomic E-state index is 6.06. The van der Waals surface area contributed by atoms with Gasteiger partial charge in [0.1, 0.15) is 11.3 Å². The number of hydrogen-bond donors (Lipinski definition) is 0. The zero-order chi connectivity index (χ0) is 21.8. The van der Waals surface area contributed by atoms with Gasteiger partial charge >= 0.3 is 0 Å². The third-order valence-corrected chi connectivity index (χ3v) is 5.52. The first-order valence-corrected chi connectivity index (χ1v) is 10.6. The van der Waals surface area contributed by atoms with Gasteiger partial charge in [0.05, 0.1) is 27.5 Å². The maximum Gasteiger partial charge on any atom is 0.206 e. The molecule has 0 N–H and O–H groups in total. The second kappa shape index (κ2) is 9.09. The van der Waals surface area contributed by atoms with Crippen molar-refractivity contribution >= 4 is 28.5 Å². The molecule has 7 nitrogen and oxygen atoms in total. The Morgan fingerprint density at radius 1 is 1.03 bits per heavy atom. The molecular formula is C23H23N3O4S. The summed E-state index contributed by atoms with van der Waals surface area (Å²) in [6, 6.07) is 13.6. The second-order valence-corrected chi connectivity index (χ2v) is 7.38. The number of rotatable bonds is 7. The predicted octanol–water partition coefficient (Wildman–Crippen LogP) is 4.79. The minimum atomic E-state index is 0.537. The van der Waals surface area contributed by atoms with E-state index in [4.69, 9.17) is 23.7 Å². The molecule has 160 valence electrons. The van der Waals surface area contributed by atoms with Gasteiger partial charge in [0.2, 0.25) is 10.6 Å². The van der Waals surface area contributed by atoms with Gasteiger partial charge in [0, 0.05) is 22.9 Å². The Labute approximate surface area is 183 Å². The van der Waals surface area contributed by atoms with Crippen LogP contribution in [-0.2, 0) is 0 Å².